The number of benzene rings is 1. The highest BCUT2D eigenvalue weighted by molar-refractivity contribution is 6.30. The summed E-state index contributed by atoms with van der Waals surface area (Å²) in [6, 6.07) is 6.74. The van der Waals surface area contributed by atoms with Crippen molar-refractivity contribution >= 4 is 22.8 Å². The predicted octanol–water partition coefficient (Wildman–Crippen LogP) is 1.62. The molecule has 2 aromatic heterocycles. The van der Waals surface area contributed by atoms with Crippen molar-refractivity contribution in [3.63, 3.8) is 0 Å². The fourth-order valence-corrected chi connectivity index (χ4v) is 2.30. The van der Waals surface area contributed by atoms with Crippen molar-refractivity contribution < 1.29 is 0 Å². The van der Waals surface area contributed by atoms with Gasteiger partial charge < -0.3 is 0 Å². The van der Waals surface area contributed by atoms with Gasteiger partial charge in [0.15, 0.2) is 11.2 Å². The van der Waals surface area contributed by atoms with Gasteiger partial charge in [0.1, 0.15) is 0 Å². The second-order valence-corrected chi connectivity index (χ2v) is 4.81. The molecule has 0 saturated heterocycles. The van der Waals surface area contributed by atoms with Gasteiger partial charge >= 0.3 is 5.69 Å². The lowest BCUT2D eigenvalue weighted by atomic mass is 10.3. The smallest absolute Gasteiger partial charge is 0.267 e. The number of nitrogens with zero attached hydrogens (tertiary/aromatic N) is 4. The lowest BCUT2D eigenvalue weighted by Gasteiger charge is -2.11. The minimum absolute atomic E-state index is 0.161. The molecule has 7 heteroatoms. The largest absolute Gasteiger partial charge is 0.337 e. The van der Waals surface area contributed by atoms with Crippen LogP contribution in [0, 0.1) is 0 Å². The third-order valence-electron chi connectivity index (χ3n) is 3.16. The molecule has 0 unspecified atom stereocenters. The molecule has 1 aromatic carbocycles. The molecular weight excluding hydrogens is 292 g/mol. The highest BCUT2D eigenvalue weighted by Crippen LogP contribution is 2.14. The van der Waals surface area contributed by atoms with Crippen molar-refractivity contribution in [1.29, 1.82) is 0 Å². The fourth-order valence-electron chi connectivity index (χ4n) is 2.17. The van der Waals surface area contributed by atoms with Gasteiger partial charge in [0.25, 0.3) is 5.56 Å². The molecule has 0 aliphatic carbocycles. The molecule has 0 amide bonds. The van der Waals surface area contributed by atoms with Crippen LogP contribution in [0.15, 0.2) is 46.2 Å². The van der Waals surface area contributed by atoms with Gasteiger partial charge in [0, 0.05) is 24.0 Å². The summed E-state index contributed by atoms with van der Waals surface area (Å²) in [7, 11) is 0. The topological polar surface area (TPSA) is 69.8 Å². The molecule has 0 N–H and O–H groups in total. The first-order chi connectivity index (χ1) is 10.1. The van der Waals surface area contributed by atoms with E-state index in [1.807, 2.05) is 0 Å². The number of halogens is 1. The van der Waals surface area contributed by atoms with E-state index < -0.39 is 11.2 Å². The fraction of sp³-hybridized carbons (Fsp3) is 0.143. The van der Waals surface area contributed by atoms with Crippen LogP contribution < -0.4 is 11.2 Å². The molecule has 0 radical (unpaired) electrons. The average Bonchev–Trinajstić information content (AvgIpc) is 2.50. The van der Waals surface area contributed by atoms with Crippen LogP contribution in [0.3, 0.4) is 0 Å². The quantitative estimate of drug-likeness (QED) is 0.721. The summed E-state index contributed by atoms with van der Waals surface area (Å²) >= 11 is 5.87. The van der Waals surface area contributed by atoms with E-state index in [0.717, 1.165) is 4.57 Å². The predicted molar refractivity (Wildman–Crippen MR) is 80.1 cm³/mol. The number of rotatable bonds is 2. The summed E-state index contributed by atoms with van der Waals surface area (Å²) in [5.74, 6) is 0. The Labute approximate surface area is 124 Å². The van der Waals surface area contributed by atoms with Gasteiger partial charge in [-0.2, -0.15) is 0 Å². The standard InChI is InChI=1S/C14H11ClN4O2/c1-2-18-13(20)11-12(17-8-7-16-11)19(14(18)21)10-5-3-9(15)4-6-10/h3-8H,2H2,1H3. The van der Waals surface area contributed by atoms with Crippen LogP contribution in [0.4, 0.5) is 0 Å². The van der Waals surface area contributed by atoms with E-state index in [4.69, 9.17) is 11.6 Å². The first kappa shape index (κ1) is 13.5. The molecule has 0 saturated carbocycles. The van der Waals surface area contributed by atoms with Crippen LogP contribution in [0.2, 0.25) is 5.02 Å². The van der Waals surface area contributed by atoms with E-state index in [-0.39, 0.29) is 17.7 Å². The van der Waals surface area contributed by atoms with Crippen LogP contribution in [0.1, 0.15) is 6.92 Å². The molecule has 0 bridgehead atoms. The lowest BCUT2D eigenvalue weighted by molar-refractivity contribution is 0.657. The van der Waals surface area contributed by atoms with Crippen LogP contribution in [0.25, 0.3) is 16.9 Å². The van der Waals surface area contributed by atoms with Gasteiger partial charge in [-0.15, -0.1) is 0 Å². The Morgan fingerprint density at radius 1 is 1.10 bits per heavy atom. The summed E-state index contributed by atoms with van der Waals surface area (Å²) < 4.78 is 2.50. The zero-order valence-electron chi connectivity index (χ0n) is 11.2. The number of aromatic nitrogens is 4. The Balaban J connectivity index is 2.49. The number of hydrogen-bond acceptors (Lipinski definition) is 4. The average molecular weight is 303 g/mol. The van der Waals surface area contributed by atoms with Gasteiger partial charge in [0.2, 0.25) is 0 Å². The molecular formula is C14H11ClN4O2. The zero-order valence-corrected chi connectivity index (χ0v) is 11.9. The van der Waals surface area contributed by atoms with E-state index in [1.54, 1.807) is 31.2 Å². The van der Waals surface area contributed by atoms with E-state index in [9.17, 15) is 9.59 Å². The second-order valence-electron chi connectivity index (χ2n) is 4.37. The normalized spacial score (nSPS) is 11.0. The minimum atomic E-state index is -0.446. The van der Waals surface area contributed by atoms with Crippen LogP contribution >= 0.6 is 11.6 Å². The first-order valence-electron chi connectivity index (χ1n) is 6.36. The van der Waals surface area contributed by atoms with Gasteiger partial charge in [-0.1, -0.05) is 11.6 Å². The SMILES string of the molecule is CCn1c(=O)c2nccnc2n(-c2ccc(Cl)cc2)c1=O. The van der Waals surface area contributed by atoms with Gasteiger partial charge in [-0.3, -0.25) is 9.36 Å². The molecule has 106 valence electrons. The van der Waals surface area contributed by atoms with E-state index >= 15 is 0 Å². The van der Waals surface area contributed by atoms with Gasteiger partial charge in [0.05, 0.1) is 5.69 Å². The molecule has 0 fully saturated rings. The van der Waals surface area contributed by atoms with E-state index in [2.05, 4.69) is 9.97 Å². The maximum atomic E-state index is 12.5. The molecule has 0 aliphatic heterocycles. The summed E-state index contributed by atoms with van der Waals surface area (Å²) in [5.41, 5.74) is 0.0964. The maximum Gasteiger partial charge on any atom is 0.337 e. The Morgan fingerprint density at radius 2 is 1.76 bits per heavy atom. The Bertz CT molecular complexity index is 928. The summed E-state index contributed by atoms with van der Waals surface area (Å²) in [6.45, 7) is 2.00. The molecule has 6 nitrogen and oxygen atoms in total. The van der Waals surface area contributed by atoms with Crippen LogP contribution in [-0.2, 0) is 6.54 Å². The van der Waals surface area contributed by atoms with Crippen molar-refractivity contribution in [1.82, 2.24) is 19.1 Å². The monoisotopic (exact) mass is 302 g/mol. The number of fused-ring (bicyclic) bond motifs is 1. The van der Waals surface area contributed by atoms with Crippen molar-refractivity contribution in [2.45, 2.75) is 13.5 Å². The molecule has 2 heterocycles. The van der Waals surface area contributed by atoms with Gasteiger partial charge in [-0.05, 0) is 31.2 Å². The molecule has 3 aromatic rings. The zero-order chi connectivity index (χ0) is 15.0. The summed E-state index contributed by atoms with van der Waals surface area (Å²) in [4.78, 5) is 33.0. The third kappa shape index (κ3) is 2.13. The number of hydrogen-bond donors (Lipinski definition) is 0. The summed E-state index contributed by atoms with van der Waals surface area (Å²) in [6.07, 6.45) is 2.88. The lowest BCUT2D eigenvalue weighted by Crippen LogP contribution is -2.39. The minimum Gasteiger partial charge on any atom is -0.267 e. The van der Waals surface area contributed by atoms with Crippen molar-refractivity contribution in [3.8, 4) is 5.69 Å². The van der Waals surface area contributed by atoms with Crippen molar-refractivity contribution in [2.75, 3.05) is 0 Å². The van der Waals surface area contributed by atoms with Crippen LogP contribution in [-0.4, -0.2) is 19.1 Å². The van der Waals surface area contributed by atoms with Gasteiger partial charge in [-0.25, -0.2) is 19.3 Å². The van der Waals surface area contributed by atoms with Crippen LogP contribution in [0.5, 0.6) is 0 Å². The molecule has 0 atom stereocenters. The summed E-state index contributed by atoms with van der Waals surface area (Å²) in [5, 5.41) is 0.561. The Kier molecular flexibility index (Phi) is 3.31. The molecule has 0 spiro atoms. The van der Waals surface area contributed by atoms with Crippen molar-refractivity contribution in [3.05, 3.63) is 62.5 Å². The maximum absolute atomic E-state index is 12.5. The van der Waals surface area contributed by atoms with E-state index in [0.29, 0.717) is 10.7 Å². The Hall–Kier alpha value is -2.47. The second kappa shape index (κ2) is 5.14. The first-order valence-corrected chi connectivity index (χ1v) is 6.73. The molecule has 0 aliphatic rings. The highest BCUT2D eigenvalue weighted by atomic mass is 35.5. The highest BCUT2D eigenvalue weighted by Gasteiger charge is 2.15. The van der Waals surface area contributed by atoms with Crippen molar-refractivity contribution in [2.24, 2.45) is 0 Å². The molecule has 3 rings (SSSR count). The molecule has 21 heavy (non-hydrogen) atoms. The van der Waals surface area contributed by atoms with E-state index in [1.165, 1.54) is 17.0 Å². The Morgan fingerprint density at radius 3 is 2.43 bits per heavy atom. The third-order valence-corrected chi connectivity index (χ3v) is 3.41.